The summed E-state index contributed by atoms with van der Waals surface area (Å²) < 4.78 is 14.5. The Morgan fingerprint density at radius 3 is 2.53 bits per heavy atom. The second kappa shape index (κ2) is 10.6. The van der Waals surface area contributed by atoms with E-state index in [0.29, 0.717) is 28.2 Å². The number of halogens is 2. The highest BCUT2D eigenvalue weighted by Crippen LogP contribution is 2.34. The Morgan fingerprint density at radius 2 is 1.88 bits per heavy atom. The third kappa shape index (κ3) is 5.23. The molecule has 1 aromatic heterocycles. The first-order chi connectivity index (χ1) is 15.3. The summed E-state index contributed by atoms with van der Waals surface area (Å²) >= 11 is 7.02. The molecule has 3 rings (SSSR count). The summed E-state index contributed by atoms with van der Waals surface area (Å²) in [4.78, 5) is 18.0. The Labute approximate surface area is 204 Å². The zero-order valence-electron chi connectivity index (χ0n) is 18.9. The van der Waals surface area contributed by atoms with Crippen molar-refractivity contribution in [2.45, 2.75) is 52.6 Å². The van der Waals surface area contributed by atoms with Crippen LogP contribution in [0.15, 0.2) is 49.2 Å². The van der Waals surface area contributed by atoms with Crippen LogP contribution in [-0.2, 0) is 0 Å². The second-order valence-electron chi connectivity index (χ2n) is 7.66. The van der Waals surface area contributed by atoms with Gasteiger partial charge in [-0.2, -0.15) is 9.78 Å². The predicted molar refractivity (Wildman–Crippen MR) is 136 cm³/mol. The van der Waals surface area contributed by atoms with Gasteiger partial charge in [-0.25, -0.2) is 4.98 Å². The van der Waals surface area contributed by atoms with Gasteiger partial charge >= 0.3 is 0 Å². The fourth-order valence-electron chi connectivity index (χ4n) is 3.10. The third-order valence-corrected chi connectivity index (χ3v) is 6.56. The topological polar surface area (TPSA) is 65.7 Å². The summed E-state index contributed by atoms with van der Waals surface area (Å²) in [6.45, 7) is 8.18. The molecule has 8 heteroatoms. The first-order valence-corrected chi connectivity index (χ1v) is 12.2. The molecule has 2 atom stereocenters. The van der Waals surface area contributed by atoms with Crippen molar-refractivity contribution in [3.63, 3.8) is 0 Å². The van der Waals surface area contributed by atoms with Crippen molar-refractivity contribution in [3.05, 3.63) is 61.0 Å². The van der Waals surface area contributed by atoms with Gasteiger partial charge in [0.25, 0.3) is 5.56 Å². The molecule has 32 heavy (non-hydrogen) atoms. The molecule has 0 aliphatic carbocycles. The quantitative estimate of drug-likeness (QED) is 0.293. The van der Waals surface area contributed by atoms with Crippen LogP contribution >= 0.6 is 31.9 Å². The van der Waals surface area contributed by atoms with Gasteiger partial charge in [0.05, 0.1) is 30.3 Å². The molecule has 0 bridgehead atoms. The van der Waals surface area contributed by atoms with Gasteiger partial charge in [-0.1, -0.05) is 36.7 Å². The van der Waals surface area contributed by atoms with E-state index in [9.17, 15) is 4.79 Å². The molecule has 0 fully saturated rings. The van der Waals surface area contributed by atoms with E-state index in [1.165, 1.54) is 4.68 Å². The molecule has 2 aromatic carbocycles. The molecule has 6 nitrogen and oxygen atoms in total. The molecule has 3 aromatic rings. The maximum Gasteiger partial charge on any atom is 0.282 e. The van der Waals surface area contributed by atoms with Crippen molar-refractivity contribution < 1.29 is 9.47 Å². The minimum atomic E-state index is -0.206. The first-order valence-electron chi connectivity index (χ1n) is 10.6. The summed E-state index contributed by atoms with van der Waals surface area (Å²) in [5.74, 6) is 1.95. The van der Waals surface area contributed by atoms with E-state index in [1.807, 2.05) is 38.1 Å². The maximum absolute atomic E-state index is 13.3. The lowest BCUT2D eigenvalue weighted by molar-refractivity contribution is 0.207. The van der Waals surface area contributed by atoms with Crippen molar-refractivity contribution >= 4 is 49.0 Å². The molecule has 0 N–H and O–H groups in total. The van der Waals surface area contributed by atoms with Crippen molar-refractivity contribution in [3.8, 4) is 11.5 Å². The zero-order chi connectivity index (χ0) is 23.4. The van der Waals surface area contributed by atoms with Gasteiger partial charge in [-0.3, -0.25) is 4.79 Å². The molecular formula is C24H27Br2N3O3. The number of fused-ring (bicyclic) bond motifs is 1. The lowest BCUT2D eigenvalue weighted by atomic mass is 10.1. The largest absolute Gasteiger partial charge is 0.493 e. The average Bonchev–Trinajstić information content (AvgIpc) is 2.79. The minimum Gasteiger partial charge on any atom is -0.493 e. The maximum atomic E-state index is 13.3. The van der Waals surface area contributed by atoms with Gasteiger partial charge in [-0.15, -0.1) is 0 Å². The van der Waals surface area contributed by atoms with Crippen molar-refractivity contribution in [2.24, 2.45) is 5.10 Å². The van der Waals surface area contributed by atoms with E-state index >= 15 is 0 Å². The van der Waals surface area contributed by atoms with Crippen molar-refractivity contribution in [2.75, 3.05) is 7.11 Å². The molecule has 0 saturated carbocycles. The number of methoxy groups -OCH3 is 1. The molecular weight excluding hydrogens is 538 g/mol. The van der Waals surface area contributed by atoms with Crippen LogP contribution in [0.25, 0.3) is 10.9 Å². The van der Waals surface area contributed by atoms with Crippen LogP contribution in [0.5, 0.6) is 11.5 Å². The second-order valence-corrected chi connectivity index (χ2v) is 9.43. The standard InChI is InChI=1S/C24H27Br2N3O3/c1-6-14(3)23-28-20-9-8-17(25)11-18(20)24(30)29(23)27-13-16-10-21(31-5)22(12-19(16)26)32-15(4)7-2/h8-15H,6-7H2,1-5H3/t14-,15-/m0/s1. The number of rotatable bonds is 8. The monoisotopic (exact) mass is 563 g/mol. The minimum absolute atomic E-state index is 0.0648. The van der Waals surface area contributed by atoms with Crippen LogP contribution in [0.4, 0.5) is 0 Å². The van der Waals surface area contributed by atoms with Gasteiger partial charge in [0.2, 0.25) is 0 Å². The Bertz CT molecular complexity index is 1210. The molecule has 0 aliphatic rings. The molecule has 0 saturated heterocycles. The van der Waals surface area contributed by atoms with Crippen molar-refractivity contribution in [1.82, 2.24) is 9.66 Å². The summed E-state index contributed by atoms with van der Waals surface area (Å²) in [7, 11) is 1.60. The third-order valence-electron chi connectivity index (χ3n) is 5.38. The fourth-order valence-corrected chi connectivity index (χ4v) is 3.89. The smallest absolute Gasteiger partial charge is 0.282 e. The summed E-state index contributed by atoms with van der Waals surface area (Å²) in [5.41, 5.74) is 1.21. The lowest BCUT2D eigenvalue weighted by Crippen LogP contribution is -2.23. The number of aromatic nitrogens is 2. The van der Waals surface area contributed by atoms with Crippen LogP contribution in [0.2, 0.25) is 0 Å². The van der Waals surface area contributed by atoms with E-state index in [2.05, 4.69) is 50.8 Å². The molecule has 0 radical (unpaired) electrons. The molecule has 0 spiro atoms. The Kier molecular flexibility index (Phi) is 8.11. The molecule has 0 unspecified atom stereocenters. The van der Waals surface area contributed by atoms with Crippen LogP contribution in [-0.4, -0.2) is 29.1 Å². The van der Waals surface area contributed by atoms with E-state index in [4.69, 9.17) is 14.5 Å². The van der Waals surface area contributed by atoms with Crippen molar-refractivity contribution in [1.29, 1.82) is 0 Å². The Morgan fingerprint density at radius 1 is 1.12 bits per heavy atom. The Balaban J connectivity index is 2.11. The first kappa shape index (κ1) is 24.5. The Hall–Kier alpha value is -2.19. The fraction of sp³-hybridized carbons (Fsp3) is 0.375. The van der Waals surface area contributed by atoms with Gasteiger partial charge in [0.1, 0.15) is 5.82 Å². The summed E-state index contributed by atoms with van der Waals surface area (Å²) in [6.07, 6.45) is 3.42. The predicted octanol–water partition coefficient (Wildman–Crippen LogP) is 6.50. The summed E-state index contributed by atoms with van der Waals surface area (Å²) in [5, 5.41) is 5.05. The lowest BCUT2D eigenvalue weighted by Gasteiger charge is -2.17. The van der Waals surface area contributed by atoms with Crippen LogP contribution in [0.1, 0.15) is 57.8 Å². The molecule has 0 aliphatic heterocycles. The number of nitrogens with zero attached hydrogens (tertiary/aromatic N) is 3. The summed E-state index contributed by atoms with van der Waals surface area (Å²) in [6, 6.07) is 9.20. The van der Waals surface area contributed by atoms with Gasteiger partial charge in [-0.05, 0) is 66.0 Å². The van der Waals surface area contributed by atoms with Gasteiger partial charge in [0.15, 0.2) is 11.5 Å². The molecule has 1 heterocycles. The van der Waals surface area contributed by atoms with E-state index in [0.717, 1.165) is 27.4 Å². The zero-order valence-corrected chi connectivity index (χ0v) is 22.0. The van der Waals surface area contributed by atoms with E-state index < -0.39 is 0 Å². The van der Waals surface area contributed by atoms with Crippen LogP contribution in [0.3, 0.4) is 0 Å². The number of hydrogen-bond donors (Lipinski definition) is 0. The van der Waals surface area contributed by atoms with Crippen LogP contribution < -0.4 is 15.0 Å². The molecule has 170 valence electrons. The molecule has 0 amide bonds. The normalized spacial score (nSPS) is 13.5. The number of hydrogen-bond acceptors (Lipinski definition) is 5. The SMILES string of the molecule is CC[C@H](C)Oc1cc(Br)c(C=Nn2c([C@@H](C)CC)nc3ccc(Br)cc3c2=O)cc1OC. The highest BCUT2D eigenvalue weighted by atomic mass is 79.9. The van der Waals surface area contributed by atoms with Gasteiger partial charge < -0.3 is 9.47 Å². The van der Waals surface area contributed by atoms with E-state index in [-0.39, 0.29) is 17.6 Å². The van der Waals surface area contributed by atoms with Crippen LogP contribution in [0, 0.1) is 0 Å². The average molecular weight is 565 g/mol. The number of ether oxygens (including phenoxy) is 2. The highest BCUT2D eigenvalue weighted by Gasteiger charge is 2.16. The van der Waals surface area contributed by atoms with Gasteiger partial charge in [0, 0.05) is 20.4 Å². The highest BCUT2D eigenvalue weighted by molar-refractivity contribution is 9.10. The van der Waals surface area contributed by atoms with E-state index in [1.54, 1.807) is 19.4 Å². The number of benzene rings is 2.